The molecule has 0 amide bonds. The van der Waals surface area contributed by atoms with Crippen molar-refractivity contribution in [1.29, 1.82) is 5.26 Å². The van der Waals surface area contributed by atoms with Crippen molar-refractivity contribution in [3.8, 4) is 6.07 Å². The zero-order valence-electron chi connectivity index (χ0n) is 14.5. The third-order valence-electron chi connectivity index (χ3n) is 3.38. The van der Waals surface area contributed by atoms with Crippen LogP contribution >= 0.6 is 0 Å². The van der Waals surface area contributed by atoms with Gasteiger partial charge >= 0.3 is 5.97 Å². The van der Waals surface area contributed by atoms with Gasteiger partial charge in [-0.1, -0.05) is 6.07 Å². The number of nitrogen functional groups attached to an aromatic ring is 1. The first-order chi connectivity index (χ1) is 11.8. The minimum atomic E-state index is -0.451. The van der Waals surface area contributed by atoms with Gasteiger partial charge in [-0.3, -0.25) is 0 Å². The highest BCUT2D eigenvalue weighted by Gasteiger charge is 2.16. The first-order valence-corrected chi connectivity index (χ1v) is 7.65. The molecule has 130 valence electrons. The summed E-state index contributed by atoms with van der Waals surface area (Å²) in [7, 11) is 1.32. The van der Waals surface area contributed by atoms with Crippen LogP contribution in [0.2, 0.25) is 0 Å². The van der Waals surface area contributed by atoms with Crippen LogP contribution in [0.15, 0.2) is 18.2 Å². The number of nitrogens with two attached hydrogens (primary N) is 1. The Labute approximate surface area is 146 Å². The summed E-state index contributed by atoms with van der Waals surface area (Å²) in [6, 6.07) is 7.23. The number of hydrogen-bond acceptors (Lipinski definition) is 8. The minimum absolute atomic E-state index is 0.0337. The molecule has 8 nitrogen and oxygen atoms in total. The van der Waals surface area contributed by atoms with Crippen molar-refractivity contribution in [2.45, 2.75) is 26.8 Å². The third-order valence-corrected chi connectivity index (χ3v) is 3.38. The second kappa shape index (κ2) is 7.49. The largest absolute Gasteiger partial charge is 0.465 e. The topological polar surface area (TPSA) is 126 Å². The van der Waals surface area contributed by atoms with Gasteiger partial charge in [-0.05, 0) is 38.5 Å². The van der Waals surface area contributed by atoms with Crippen LogP contribution in [0.1, 0.15) is 35.3 Å². The maximum absolute atomic E-state index is 11.7. The van der Waals surface area contributed by atoms with E-state index in [4.69, 9.17) is 10.5 Å². The van der Waals surface area contributed by atoms with Gasteiger partial charge in [-0.15, -0.1) is 0 Å². The van der Waals surface area contributed by atoms with Crippen molar-refractivity contribution >= 4 is 29.2 Å². The number of nitrogens with zero attached hydrogens (tertiary/aromatic N) is 3. The SMILES string of the molecule is COC(=O)c1ccc(C)c(Nc2nc(N)nc(NC(C)C)c2C#N)c1. The molecule has 1 aromatic heterocycles. The van der Waals surface area contributed by atoms with E-state index in [0.717, 1.165) is 5.56 Å². The van der Waals surface area contributed by atoms with Crippen molar-refractivity contribution in [1.82, 2.24) is 9.97 Å². The van der Waals surface area contributed by atoms with E-state index in [1.54, 1.807) is 18.2 Å². The van der Waals surface area contributed by atoms with Crippen molar-refractivity contribution in [2.75, 3.05) is 23.5 Å². The molecule has 1 heterocycles. The van der Waals surface area contributed by atoms with E-state index >= 15 is 0 Å². The Morgan fingerprint density at radius 3 is 2.60 bits per heavy atom. The first-order valence-electron chi connectivity index (χ1n) is 7.65. The molecule has 4 N–H and O–H groups in total. The lowest BCUT2D eigenvalue weighted by Gasteiger charge is -2.15. The van der Waals surface area contributed by atoms with Gasteiger partial charge in [0.15, 0.2) is 11.6 Å². The fraction of sp³-hybridized carbons (Fsp3) is 0.294. The number of anilines is 4. The summed E-state index contributed by atoms with van der Waals surface area (Å²) < 4.78 is 4.73. The maximum Gasteiger partial charge on any atom is 0.337 e. The Hall–Kier alpha value is -3.34. The molecule has 0 atom stereocenters. The highest BCUT2D eigenvalue weighted by Crippen LogP contribution is 2.27. The van der Waals surface area contributed by atoms with Crippen LogP contribution < -0.4 is 16.4 Å². The summed E-state index contributed by atoms with van der Waals surface area (Å²) in [6.45, 7) is 5.72. The molecule has 0 spiro atoms. The molecule has 0 saturated carbocycles. The zero-order chi connectivity index (χ0) is 18.6. The molecule has 0 aliphatic heterocycles. The number of ether oxygens (including phenoxy) is 1. The fourth-order valence-corrected chi connectivity index (χ4v) is 2.18. The average molecular weight is 340 g/mol. The number of aryl methyl sites for hydroxylation is 1. The smallest absolute Gasteiger partial charge is 0.337 e. The number of methoxy groups -OCH3 is 1. The molecule has 1 aromatic carbocycles. The van der Waals surface area contributed by atoms with E-state index in [0.29, 0.717) is 17.1 Å². The summed E-state index contributed by atoms with van der Waals surface area (Å²) >= 11 is 0. The highest BCUT2D eigenvalue weighted by atomic mass is 16.5. The molecule has 8 heteroatoms. The van der Waals surface area contributed by atoms with Crippen LogP contribution in [0.4, 0.5) is 23.3 Å². The van der Waals surface area contributed by atoms with Gasteiger partial charge in [-0.25, -0.2) is 4.79 Å². The van der Waals surface area contributed by atoms with Gasteiger partial charge in [0.1, 0.15) is 11.6 Å². The van der Waals surface area contributed by atoms with Gasteiger partial charge < -0.3 is 21.1 Å². The average Bonchev–Trinajstić information content (AvgIpc) is 2.55. The van der Waals surface area contributed by atoms with Gasteiger partial charge in [-0.2, -0.15) is 15.2 Å². The number of nitrogens with one attached hydrogen (secondary N) is 2. The molecule has 25 heavy (non-hydrogen) atoms. The Balaban J connectivity index is 2.48. The van der Waals surface area contributed by atoms with Crippen molar-refractivity contribution in [3.05, 3.63) is 34.9 Å². The van der Waals surface area contributed by atoms with E-state index in [-0.39, 0.29) is 23.4 Å². The predicted octanol–water partition coefficient (Wildman–Crippen LogP) is 2.59. The molecule has 0 aliphatic rings. The molecular weight excluding hydrogens is 320 g/mol. The molecular formula is C17H20N6O2. The summed E-state index contributed by atoms with van der Waals surface area (Å²) in [5.41, 5.74) is 7.88. The summed E-state index contributed by atoms with van der Waals surface area (Å²) in [5.74, 6) is 0.205. The van der Waals surface area contributed by atoms with Crippen LogP contribution in [-0.4, -0.2) is 29.1 Å². The third kappa shape index (κ3) is 4.14. The predicted molar refractivity (Wildman–Crippen MR) is 95.7 cm³/mol. The Morgan fingerprint density at radius 1 is 1.32 bits per heavy atom. The lowest BCUT2D eigenvalue weighted by atomic mass is 10.1. The van der Waals surface area contributed by atoms with Crippen LogP contribution in [0.3, 0.4) is 0 Å². The standard InChI is InChI=1S/C17H20N6O2/c1-9(2)20-14-12(8-18)15(23-17(19)22-14)21-13-7-11(16(24)25-4)6-5-10(13)3/h5-7,9H,1-4H3,(H4,19,20,21,22,23). The van der Waals surface area contributed by atoms with Gasteiger partial charge in [0.05, 0.1) is 12.7 Å². The van der Waals surface area contributed by atoms with Crippen LogP contribution in [-0.2, 0) is 4.74 Å². The molecule has 2 aromatic rings. The van der Waals surface area contributed by atoms with Crippen molar-refractivity contribution in [2.24, 2.45) is 0 Å². The van der Waals surface area contributed by atoms with E-state index in [2.05, 4.69) is 26.7 Å². The molecule has 0 unspecified atom stereocenters. The van der Waals surface area contributed by atoms with E-state index < -0.39 is 5.97 Å². The number of benzene rings is 1. The monoisotopic (exact) mass is 340 g/mol. The van der Waals surface area contributed by atoms with Crippen LogP contribution in [0, 0.1) is 18.3 Å². The zero-order valence-corrected chi connectivity index (χ0v) is 14.5. The number of carbonyl (C=O) groups is 1. The second-order valence-electron chi connectivity index (χ2n) is 5.71. The normalized spacial score (nSPS) is 10.2. The highest BCUT2D eigenvalue weighted by molar-refractivity contribution is 5.91. The molecule has 2 rings (SSSR count). The number of esters is 1. The summed E-state index contributed by atoms with van der Waals surface area (Å²) in [5, 5.41) is 15.6. The number of nitriles is 1. The van der Waals surface area contributed by atoms with E-state index in [9.17, 15) is 10.1 Å². The Morgan fingerprint density at radius 2 is 2.00 bits per heavy atom. The molecule has 0 radical (unpaired) electrons. The van der Waals surface area contributed by atoms with Crippen molar-refractivity contribution in [3.63, 3.8) is 0 Å². The molecule has 0 aliphatic carbocycles. The fourth-order valence-electron chi connectivity index (χ4n) is 2.18. The van der Waals surface area contributed by atoms with Crippen molar-refractivity contribution < 1.29 is 9.53 Å². The van der Waals surface area contributed by atoms with Crippen LogP contribution in [0.5, 0.6) is 0 Å². The quantitative estimate of drug-likeness (QED) is 0.709. The number of rotatable bonds is 5. The van der Waals surface area contributed by atoms with E-state index in [1.165, 1.54) is 7.11 Å². The van der Waals surface area contributed by atoms with Gasteiger partial charge in [0, 0.05) is 11.7 Å². The number of hydrogen-bond donors (Lipinski definition) is 3. The van der Waals surface area contributed by atoms with Crippen LogP contribution in [0.25, 0.3) is 0 Å². The number of carbonyl (C=O) groups excluding carboxylic acids is 1. The number of aromatic nitrogens is 2. The summed E-state index contributed by atoms with van der Waals surface area (Å²) in [6.07, 6.45) is 0. The lowest BCUT2D eigenvalue weighted by molar-refractivity contribution is 0.0601. The minimum Gasteiger partial charge on any atom is -0.465 e. The molecule has 0 bridgehead atoms. The maximum atomic E-state index is 11.7. The first kappa shape index (κ1) is 18.0. The van der Waals surface area contributed by atoms with Gasteiger partial charge in [0.25, 0.3) is 0 Å². The van der Waals surface area contributed by atoms with Gasteiger partial charge in [0.2, 0.25) is 5.95 Å². The Kier molecular flexibility index (Phi) is 5.39. The molecule has 0 fully saturated rings. The van der Waals surface area contributed by atoms with E-state index in [1.807, 2.05) is 20.8 Å². The molecule has 0 saturated heterocycles. The summed E-state index contributed by atoms with van der Waals surface area (Å²) in [4.78, 5) is 19.9. The second-order valence-corrected chi connectivity index (χ2v) is 5.71. The lowest BCUT2D eigenvalue weighted by Crippen LogP contribution is -2.15. The Bertz CT molecular complexity index is 842.